The first-order chi connectivity index (χ1) is 13.5. The van der Waals surface area contributed by atoms with Crippen molar-refractivity contribution in [1.82, 2.24) is 9.99 Å². The Morgan fingerprint density at radius 2 is 1.54 bits per heavy atom. The van der Waals surface area contributed by atoms with E-state index < -0.39 is 19.2 Å². The molecule has 0 saturated carbocycles. The summed E-state index contributed by atoms with van der Waals surface area (Å²) in [4.78, 5) is 25.7. The highest BCUT2D eigenvalue weighted by Crippen LogP contribution is 2.48. The number of carbonyl (C=O) groups excluding carboxylic acids is 2. The first-order valence-corrected chi connectivity index (χ1v) is 11.5. The third kappa shape index (κ3) is 5.31. The smallest absolute Gasteiger partial charge is 0.240 e. The molecule has 148 valence electrons. The number of nitrogens with two attached hydrogens (primary N) is 1. The summed E-state index contributed by atoms with van der Waals surface area (Å²) in [6.07, 6.45) is 2.06. The molecule has 28 heavy (non-hydrogen) atoms. The highest BCUT2D eigenvalue weighted by atomic mass is 31.2. The lowest BCUT2D eigenvalue weighted by atomic mass is 10.2. The molecule has 6 nitrogen and oxygen atoms in total. The summed E-state index contributed by atoms with van der Waals surface area (Å²) in [5.41, 5.74) is 7.32. The van der Waals surface area contributed by atoms with Crippen LogP contribution in [0.4, 0.5) is 0 Å². The Labute approximate surface area is 165 Å². The van der Waals surface area contributed by atoms with Crippen LogP contribution in [0.2, 0.25) is 0 Å². The number of carbonyl (C=O) groups is 2. The van der Waals surface area contributed by atoms with Gasteiger partial charge in [-0.05, 0) is 24.0 Å². The zero-order chi connectivity index (χ0) is 20.0. The average molecular weight is 399 g/mol. The molecule has 0 aliphatic carbocycles. The van der Waals surface area contributed by atoms with E-state index in [1.54, 1.807) is 0 Å². The number of hydrogen-bond donors (Lipinski definition) is 2. The molecular formula is C21H26N3O3P. The largest absolute Gasteiger partial charge is 0.368 e. The predicted molar refractivity (Wildman–Crippen MR) is 110 cm³/mol. The average Bonchev–Trinajstić information content (AvgIpc) is 3.18. The summed E-state index contributed by atoms with van der Waals surface area (Å²) >= 11 is 0. The molecular weight excluding hydrogens is 373 g/mol. The first-order valence-electron chi connectivity index (χ1n) is 9.47. The lowest BCUT2D eigenvalue weighted by Crippen LogP contribution is -2.46. The van der Waals surface area contributed by atoms with Crippen molar-refractivity contribution in [2.24, 2.45) is 5.73 Å². The van der Waals surface area contributed by atoms with E-state index in [2.05, 4.69) is 5.09 Å². The molecule has 1 atom stereocenters. The maximum Gasteiger partial charge on any atom is 0.240 e. The molecule has 0 unspecified atom stereocenters. The summed E-state index contributed by atoms with van der Waals surface area (Å²) in [6.45, 7) is 0.441. The molecule has 7 heteroatoms. The molecule has 3 rings (SSSR count). The van der Waals surface area contributed by atoms with Gasteiger partial charge in [-0.15, -0.1) is 0 Å². The Bertz CT molecular complexity index is 812. The molecule has 2 aromatic rings. The van der Waals surface area contributed by atoms with Gasteiger partial charge in [0.05, 0.1) is 6.54 Å². The van der Waals surface area contributed by atoms with Crippen LogP contribution in [0.25, 0.3) is 0 Å². The molecule has 1 heterocycles. The van der Waals surface area contributed by atoms with Gasteiger partial charge in [0, 0.05) is 18.9 Å². The van der Waals surface area contributed by atoms with Gasteiger partial charge >= 0.3 is 0 Å². The number of benzene rings is 2. The van der Waals surface area contributed by atoms with Gasteiger partial charge in [-0.2, -0.15) is 0 Å². The molecule has 0 bridgehead atoms. The molecule has 2 aromatic carbocycles. The second-order valence-electron chi connectivity index (χ2n) is 7.16. The van der Waals surface area contributed by atoms with Crippen molar-refractivity contribution in [2.45, 2.75) is 31.2 Å². The highest BCUT2D eigenvalue weighted by molar-refractivity contribution is 7.60. The number of nitrogens with zero attached hydrogens (tertiary/aromatic N) is 1. The fourth-order valence-electron chi connectivity index (χ4n) is 3.60. The maximum atomic E-state index is 13.7. The fraction of sp³-hybridized carbons (Fsp3) is 0.333. The van der Waals surface area contributed by atoms with Crippen LogP contribution in [0.15, 0.2) is 60.7 Å². The van der Waals surface area contributed by atoms with E-state index in [4.69, 9.17) is 5.73 Å². The molecule has 0 aromatic heterocycles. The number of amides is 2. The molecule has 0 radical (unpaired) electrons. The second-order valence-corrected chi connectivity index (χ2v) is 9.89. The van der Waals surface area contributed by atoms with E-state index >= 15 is 0 Å². The number of likely N-dealkylation sites (tertiary alicyclic amines) is 1. The van der Waals surface area contributed by atoms with Gasteiger partial charge in [0.1, 0.15) is 6.04 Å². The van der Waals surface area contributed by atoms with E-state index in [0.29, 0.717) is 25.3 Å². The zero-order valence-corrected chi connectivity index (χ0v) is 16.7. The molecule has 0 spiro atoms. The van der Waals surface area contributed by atoms with Crippen LogP contribution in [-0.2, 0) is 26.5 Å². The Hall–Kier alpha value is -2.43. The summed E-state index contributed by atoms with van der Waals surface area (Å²) in [5.74, 6) is -0.717. The van der Waals surface area contributed by atoms with E-state index in [1.807, 2.05) is 60.7 Å². The standard InChI is InChI=1S/C21H26N3O3P/c22-21(26)19-12-7-13-24(19)20(25)14-23-28(27,15-17-8-3-1-4-9-17)16-18-10-5-2-6-11-18/h1-6,8-11,19H,7,12-16H2,(H2,22,26)(H,23,27)/t19-/m0/s1. The van der Waals surface area contributed by atoms with E-state index in [1.165, 1.54) is 4.90 Å². The van der Waals surface area contributed by atoms with Crippen LogP contribution in [0.3, 0.4) is 0 Å². The Kier molecular flexibility index (Phi) is 6.65. The van der Waals surface area contributed by atoms with Crippen LogP contribution < -0.4 is 10.8 Å². The quantitative estimate of drug-likeness (QED) is 0.668. The van der Waals surface area contributed by atoms with E-state index in [-0.39, 0.29) is 12.5 Å². The van der Waals surface area contributed by atoms with Crippen molar-refractivity contribution < 1.29 is 14.2 Å². The summed E-state index contributed by atoms with van der Waals surface area (Å²) in [7, 11) is -2.91. The molecule has 1 fully saturated rings. The third-order valence-electron chi connectivity index (χ3n) is 4.98. The van der Waals surface area contributed by atoms with Gasteiger partial charge in [-0.3, -0.25) is 14.7 Å². The minimum atomic E-state index is -2.91. The van der Waals surface area contributed by atoms with Crippen LogP contribution in [0.1, 0.15) is 24.0 Å². The van der Waals surface area contributed by atoms with Crippen molar-refractivity contribution in [3.8, 4) is 0 Å². The molecule has 1 aliphatic rings. The Balaban J connectivity index is 1.72. The number of primary amides is 1. The first kappa shape index (κ1) is 20.3. The van der Waals surface area contributed by atoms with Gasteiger partial charge < -0.3 is 15.2 Å². The normalized spacial score (nSPS) is 16.9. The van der Waals surface area contributed by atoms with Crippen LogP contribution in [0.5, 0.6) is 0 Å². The Morgan fingerprint density at radius 3 is 2.04 bits per heavy atom. The molecule has 1 saturated heterocycles. The molecule has 1 aliphatic heterocycles. The van der Waals surface area contributed by atoms with E-state index in [9.17, 15) is 14.2 Å². The van der Waals surface area contributed by atoms with Crippen LogP contribution >= 0.6 is 7.29 Å². The zero-order valence-electron chi connectivity index (χ0n) is 15.8. The van der Waals surface area contributed by atoms with Gasteiger partial charge in [-0.1, -0.05) is 60.7 Å². The van der Waals surface area contributed by atoms with Crippen molar-refractivity contribution in [3.63, 3.8) is 0 Å². The lowest BCUT2D eigenvalue weighted by Gasteiger charge is -2.25. The minimum absolute atomic E-state index is 0.0687. The SMILES string of the molecule is NC(=O)[C@@H]1CCCN1C(=O)CNP(=O)(Cc1ccccc1)Cc1ccccc1. The monoisotopic (exact) mass is 399 g/mol. The van der Waals surface area contributed by atoms with E-state index in [0.717, 1.165) is 17.5 Å². The Morgan fingerprint density at radius 1 is 1.00 bits per heavy atom. The van der Waals surface area contributed by atoms with Crippen molar-refractivity contribution in [2.75, 3.05) is 13.1 Å². The molecule has 3 N–H and O–H groups in total. The maximum absolute atomic E-state index is 13.7. The van der Waals surface area contributed by atoms with Crippen molar-refractivity contribution >= 4 is 19.1 Å². The van der Waals surface area contributed by atoms with Gasteiger partial charge in [-0.25, -0.2) is 0 Å². The summed E-state index contributed by atoms with van der Waals surface area (Å²) < 4.78 is 13.7. The minimum Gasteiger partial charge on any atom is -0.368 e. The van der Waals surface area contributed by atoms with Gasteiger partial charge in [0.25, 0.3) is 0 Å². The summed E-state index contributed by atoms with van der Waals surface area (Å²) in [5, 5.41) is 3.04. The number of nitrogens with one attached hydrogen (secondary N) is 1. The van der Waals surface area contributed by atoms with Crippen molar-refractivity contribution in [3.05, 3.63) is 71.8 Å². The van der Waals surface area contributed by atoms with Crippen LogP contribution in [-0.4, -0.2) is 35.8 Å². The van der Waals surface area contributed by atoms with Gasteiger partial charge in [0.15, 0.2) is 7.29 Å². The number of hydrogen-bond acceptors (Lipinski definition) is 3. The molecule has 2 amide bonds. The third-order valence-corrected chi connectivity index (χ3v) is 7.47. The second kappa shape index (κ2) is 9.18. The highest BCUT2D eigenvalue weighted by Gasteiger charge is 2.33. The topological polar surface area (TPSA) is 92.5 Å². The predicted octanol–water partition coefficient (Wildman–Crippen LogP) is 2.73. The summed E-state index contributed by atoms with van der Waals surface area (Å²) in [6, 6.07) is 18.7. The fourth-order valence-corrected chi connectivity index (χ4v) is 5.96. The lowest BCUT2D eigenvalue weighted by molar-refractivity contribution is -0.136. The number of rotatable bonds is 8. The van der Waals surface area contributed by atoms with Gasteiger partial charge in [0.2, 0.25) is 11.8 Å². The van der Waals surface area contributed by atoms with Crippen molar-refractivity contribution in [1.29, 1.82) is 0 Å². The van der Waals surface area contributed by atoms with Crippen LogP contribution in [0, 0.1) is 0 Å².